The molecule has 0 amide bonds. The molecular weight excluding hydrogens is 408 g/mol. The summed E-state index contributed by atoms with van der Waals surface area (Å²) in [6.07, 6.45) is 0. The van der Waals surface area contributed by atoms with Gasteiger partial charge in [-0.05, 0) is 48.7 Å². The molecule has 4 heterocycles. The van der Waals surface area contributed by atoms with Crippen molar-refractivity contribution >= 4 is 44.7 Å². The van der Waals surface area contributed by atoms with Crippen LogP contribution in [0.3, 0.4) is 0 Å². The lowest BCUT2D eigenvalue weighted by atomic mass is 10.1. The lowest BCUT2D eigenvalue weighted by molar-refractivity contribution is 0.465. The SMILES string of the molecule is Cc1nc(Sc2nnc(-c3ccccc3C)o2)c2c(-c3cccs3)csc2n1. The van der Waals surface area contributed by atoms with Gasteiger partial charge in [0.15, 0.2) is 0 Å². The van der Waals surface area contributed by atoms with Crippen LogP contribution in [-0.4, -0.2) is 20.2 Å². The lowest BCUT2D eigenvalue weighted by Crippen LogP contribution is -1.91. The van der Waals surface area contributed by atoms with Crippen LogP contribution in [0.15, 0.2) is 61.8 Å². The molecule has 0 N–H and O–H groups in total. The van der Waals surface area contributed by atoms with Crippen LogP contribution in [0.2, 0.25) is 0 Å². The van der Waals surface area contributed by atoms with Gasteiger partial charge in [0.25, 0.3) is 5.22 Å². The summed E-state index contributed by atoms with van der Waals surface area (Å²) >= 11 is 4.73. The van der Waals surface area contributed by atoms with Crippen LogP contribution in [0.25, 0.3) is 32.1 Å². The van der Waals surface area contributed by atoms with Crippen LogP contribution >= 0.6 is 34.4 Å². The molecule has 0 aliphatic heterocycles. The van der Waals surface area contributed by atoms with Gasteiger partial charge in [-0.1, -0.05) is 24.3 Å². The first kappa shape index (κ1) is 17.5. The van der Waals surface area contributed by atoms with Gasteiger partial charge in [-0.25, -0.2) is 9.97 Å². The quantitative estimate of drug-likeness (QED) is 0.320. The minimum absolute atomic E-state index is 0.473. The van der Waals surface area contributed by atoms with Gasteiger partial charge in [-0.15, -0.1) is 32.9 Å². The molecule has 5 nitrogen and oxygen atoms in total. The Kier molecular flexibility index (Phi) is 4.46. The molecule has 8 heteroatoms. The van der Waals surface area contributed by atoms with Gasteiger partial charge in [0.2, 0.25) is 5.89 Å². The summed E-state index contributed by atoms with van der Waals surface area (Å²) in [6.45, 7) is 3.93. The number of thiophene rings is 2. The van der Waals surface area contributed by atoms with Gasteiger partial charge in [0, 0.05) is 21.4 Å². The fourth-order valence-corrected chi connectivity index (χ4v) is 5.68. The van der Waals surface area contributed by atoms with Crippen molar-refractivity contribution in [2.45, 2.75) is 24.1 Å². The van der Waals surface area contributed by atoms with Crippen LogP contribution < -0.4 is 0 Å². The molecule has 0 fully saturated rings. The third-order valence-electron chi connectivity index (χ3n) is 4.26. The van der Waals surface area contributed by atoms with Crippen LogP contribution in [0, 0.1) is 13.8 Å². The maximum Gasteiger partial charge on any atom is 0.283 e. The Morgan fingerprint density at radius 3 is 2.64 bits per heavy atom. The summed E-state index contributed by atoms with van der Waals surface area (Å²) in [6, 6.07) is 12.1. The highest BCUT2D eigenvalue weighted by Crippen LogP contribution is 2.41. The molecule has 0 radical (unpaired) electrons. The number of aromatic nitrogens is 4. The molecule has 0 spiro atoms. The van der Waals surface area contributed by atoms with E-state index in [-0.39, 0.29) is 0 Å². The van der Waals surface area contributed by atoms with E-state index >= 15 is 0 Å². The summed E-state index contributed by atoms with van der Waals surface area (Å²) in [7, 11) is 0. The molecule has 4 aromatic heterocycles. The molecule has 28 heavy (non-hydrogen) atoms. The largest absolute Gasteiger partial charge is 0.411 e. The number of rotatable bonds is 4. The van der Waals surface area contributed by atoms with Crippen molar-refractivity contribution in [2.24, 2.45) is 0 Å². The number of aryl methyl sites for hydroxylation is 2. The van der Waals surface area contributed by atoms with Crippen molar-refractivity contribution < 1.29 is 4.42 Å². The normalized spacial score (nSPS) is 11.4. The van der Waals surface area contributed by atoms with Crippen molar-refractivity contribution in [3.8, 4) is 21.9 Å². The number of hydrogen-bond acceptors (Lipinski definition) is 8. The van der Waals surface area contributed by atoms with Crippen molar-refractivity contribution in [1.29, 1.82) is 0 Å². The first-order valence-electron chi connectivity index (χ1n) is 8.56. The summed E-state index contributed by atoms with van der Waals surface area (Å²) in [5.41, 5.74) is 3.19. The minimum Gasteiger partial charge on any atom is -0.411 e. The van der Waals surface area contributed by atoms with Crippen LogP contribution in [0.5, 0.6) is 0 Å². The first-order chi connectivity index (χ1) is 13.7. The standard InChI is InChI=1S/C20H14N4OS3/c1-11-6-3-4-7-13(11)17-23-24-20(25-17)28-19-16-14(15-8-5-9-26-15)10-27-18(16)21-12(2)22-19/h3-10H,1-2H3. The molecule has 1 aromatic carbocycles. The van der Waals surface area contributed by atoms with E-state index in [1.165, 1.54) is 16.6 Å². The monoisotopic (exact) mass is 422 g/mol. The molecule has 0 aliphatic carbocycles. The molecule has 5 rings (SSSR count). The third-order valence-corrected chi connectivity index (χ3v) is 6.87. The topological polar surface area (TPSA) is 64.7 Å². The first-order valence-corrected chi connectivity index (χ1v) is 11.1. The maximum absolute atomic E-state index is 5.94. The van der Waals surface area contributed by atoms with Gasteiger partial charge in [-0.3, -0.25) is 0 Å². The molecule has 0 aliphatic rings. The van der Waals surface area contributed by atoms with Gasteiger partial charge < -0.3 is 4.42 Å². The zero-order chi connectivity index (χ0) is 19.1. The van der Waals surface area contributed by atoms with Crippen LogP contribution in [-0.2, 0) is 0 Å². The fourth-order valence-electron chi connectivity index (χ4n) is 2.95. The van der Waals surface area contributed by atoms with Gasteiger partial charge in [-0.2, -0.15) is 0 Å². The minimum atomic E-state index is 0.473. The second-order valence-corrected chi connectivity index (χ2v) is 8.92. The van der Waals surface area contributed by atoms with Gasteiger partial charge in [0.1, 0.15) is 15.7 Å². The Morgan fingerprint density at radius 2 is 1.82 bits per heavy atom. The van der Waals surface area contributed by atoms with Crippen molar-refractivity contribution in [3.05, 3.63) is 58.5 Å². The predicted molar refractivity (Wildman–Crippen MR) is 114 cm³/mol. The maximum atomic E-state index is 5.94. The van der Waals surface area contributed by atoms with Crippen LogP contribution in [0.4, 0.5) is 0 Å². The fraction of sp³-hybridized carbons (Fsp3) is 0.100. The Morgan fingerprint density at radius 1 is 0.929 bits per heavy atom. The van der Waals surface area contributed by atoms with Crippen LogP contribution in [0.1, 0.15) is 11.4 Å². The highest BCUT2D eigenvalue weighted by Gasteiger charge is 2.19. The molecule has 138 valence electrons. The highest BCUT2D eigenvalue weighted by atomic mass is 32.2. The number of fused-ring (bicyclic) bond motifs is 1. The summed E-state index contributed by atoms with van der Waals surface area (Å²) < 4.78 is 5.94. The van der Waals surface area contributed by atoms with Crippen molar-refractivity contribution in [2.75, 3.05) is 0 Å². The molecule has 5 aromatic rings. The van der Waals surface area contributed by atoms with Crippen molar-refractivity contribution in [1.82, 2.24) is 20.2 Å². The Balaban J connectivity index is 1.57. The molecule has 0 saturated carbocycles. The van der Waals surface area contributed by atoms with E-state index in [1.807, 2.05) is 38.1 Å². The molecule has 0 saturated heterocycles. The predicted octanol–water partition coefficient (Wildman–Crippen LogP) is 6.24. The van der Waals surface area contributed by atoms with Gasteiger partial charge in [0.05, 0.1) is 5.39 Å². The third kappa shape index (κ3) is 3.13. The zero-order valence-electron chi connectivity index (χ0n) is 15.0. The summed E-state index contributed by atoms with van der Waals surface area (Å²) in [5, 5.41) is 15.0. The van der Waals surface area contributed by atoms with E-state index in [9.17, 15) is 0 Å². The second kappa shape index (κ2) is 7.12. The Hall–Kier alpha value is -2.55. The zero-order valence-corrected chi connectivity index (χ0v) is 17.5. The Labute approximate surface area is 173 Å². The summed E-state index contributed by atoms with van der Waals surface area (Å²) in [5.74, 6) is 1.25. The Bertz CT molecular complexity index is 1270. The average molecular weight is 423 g/mol. The van der Waals surface area contributed by atoms with Crippen molar-refractivity contribution in [3.63, 3.8) is 0 Å². The number of benzene rings is 1. The smallest absolute Gasteiger partial charge is 0.283 e. The molecule has 0 bridgehead atoms. The number of hydrogen-bond donors (Lipinski definition) is 0. The second-order valence-electron chi connectivity index (χ2n) is 6.17. The average Bonchev–Trinajstić information content (AvgIpc) is 3.42. The molecule has 0 atom stereocenters. The van der Waals surface area contributed by atoms with E-state index in [0.29, 0.717) is 11.1 Å². The van der Waals surface area contributed by atoms with Gasteiger partial charge >= 0.3 is 0 Å². The highest BCUT2D eigenvalue weighted by molar-refractivity contribution is 7.99. The van der Waals surface area contributed by atoms with E-state index in [2.05, 4.69) is 43.1 Å². The molecule has 0 unspecified atom stereocenters. The summed E-state index contributed by atoms with van der Waals surface area (Å²) in [4.78, 5) is 11.4. The van der Waals surface area contributed by atoms with E-state index < -0.39 is 0 Å². The molecular formula is C20H14N4OS3. The lowest BCUT2D eigenvalue weighted by Gasteiger charge is -2.03. The van der Waals surface area contributed by atoms with E-state index in [1.54, 1.807) is 22.7 Å². The van der Waals surface area contributed by atoms with E-state index in [4.69, 9.17) is 4.42 Å². The number of nitrogens with zero attached hydrogens (tertiary/aromatic N) is 4. The van der Waals surface area contributed by atoms with E-state index in [0.717, 1.165) is 37.8 Å².